The second-order valence-electron chi connectivity index (χ2n) is 2.63. The van der Waals surface area contributed by atoms with E-state index in [0.717, 1.165) is 4.47 Å². The summed E-state index contributed by atoms with van der Waals surface area (Å²) < 4.78 is 19.1. The summed E-state index contributed by atoms with van der Waals surface area (Å²) in [4.78, 5) is 0. The van der Waals surface area contributed by atoms with Gasteiger partial charge in [0.05, 0.1) is 0 Å². The van der Waals surface area contributed by atoms with E-state index in [9.17, 15) is 4.39 Å². The first kappa shape index (κ1) is 10.3. The Morgan fingerprint density at radius 3 is 2.92 bits per heavy atom. The fourth-order valence-electron chi connectivity index (χ4n) is 0.816. The molecule has 1 aromatic carbocycles. The van der Waals surface area contributed by atoms with E-state index < -0.39 is 0 Å². The van der Waals surface area contributed by atoms with Gasteiger partial charge in [0.2, 0.25) is 0 Å². The quantitative estimate of drug-likeness (QED) is 0.740. The third-order valence-electron chi connectivity index (χ3n) is 1.54. The van der Waals surface area contributed by atoms with E-state index in [0.29, 0.717) is 0 Å². The molecule has 0 heterocycles. The van der Waals surface area contributed by atoms with Crippen molar-refractivity contribution in [1.29, 1.82) is 0 Å². The SMILES string of the molecule is C=CC(C)Oc1cc(Br)ccc1F. The number of hydrogen-bond acceptors (Lipinski definition) is 1. The molecule has 3 heteroatoms. The molecule has 0 saturated carbocycles. The van der Waals surface area contributed by atoms with Crippen LogP contribution < -0.4 is 4.74 Å². The highest BCUT2D eigenvalue weighted by Gasteiger charge is 2.05. The Labute approximate surface area is 85.3 Å². The van der Waals surface area contributed by atoms with Crippen molar-refractivity contribution in [3.63, 3.8) is 0 Å². The predicted octanol–water partition coefficient (Wildman–Crippen LogP) is 3.54. The van der Waals surface area contributed by atoms with Crippen LogP contribution in [0.3, 0.4) is 0 Å². The fourth-order valence-corrected chi connectivity index (χ4v) is 1.16. The Kier molecular flexibility index (Phi) is 3.48. The van der Waals surface area contributed by atoms with Gasteiger partial charge in [0.1, 0.15) is 6.10 Å². The molecule has 0 aliphatic rings. The summed E-state index contributed by atoms with van der Waals surface area (Å²) in [6.07, 6.45) is 1.42. The van der Waals surface area contributed by atoms with Crippen LogP contribution >= 0.6 is 15.9 Å². The molecule has 0 saturated heterocycles. The number of halogens is 2. The first-order valence-corrected chi connectivity index (χ1v) is 4.67. The van der Waals surface area contributed by atoms with E-state index in [1.807, 2.05) is 0 Å². The molecule has 1 unspecified atom stereocenters. The minimum Gasteiger partial charge on any atom is -0.484 e. The molecule has 70 valence electrons. The average Bonchev–Trinajstić information content (AvgIpc) is 2.11. The third-order valence-corrected chi connectivity index (χ3v) is 2.03. The molecule has 1 aromatic rings. The van der Waals surface area contributed by atoms with Crippen LogP contribution in [-0.2, 0) is 0 Å². The maximum absolute atomic E-state index is 13.1. The van der Waals surface area contributed by atoms with Gasteiger partial charge in [0.25, 0.3) is 0 Å². The Morgan fingerprint density at radius 1 is 1.62 bits per heavy atom. The van der Waals surface area contributed by atoms with E-state index in [2.05, 4.69) is 22.5 Å². The highest BCUT2D eigenvalue weighted by molar-refractivity contribution is 9.10. The number of ether oxygens (including phenoxy) is 1. The van der Waals surface area contributed by atoms with Crippen molar-refractivity contribution in [3.05, 3.63) is 41.1 Å². The lowest BCUT2D eigenvalue weighted by molar-refractivity contribution is 0.257. The van der Waals surface area contributed by atoms with Gasteiger partial charge in [0.15, 0.2) is 11.6 Å². The lowest BCUT2D eigenvalue weighted by Crippen LogP contribution is -2.08. The number of benzene rings is 1. The zero-order chi connectivity index (χ0) is 9.84. The van der Waals surface area contributed by atoms with E-state index in [1.165, 1.54) is 6.07 Å². The second kappa shape index (κ2) is 4.42. The lowest BCUT2D eigenvalue weighted by atomic mass is 10.3. The van der Waals surface area contributed by atoms with Gasteiger partial charge in [-0.1, -0.05) is 28.6 Å². The van der Waals surface area contributed by atoms with Crippen molar-refractivity contribution >= 4 is 15.9 Å². The highest BCUT2D eigenvalue weighted by Crippen LogP contribution is 2.23. The Hall–Kier alpha value is -0.830. The van der Waals surface area contributed by atoms with E-state index in [1.54, 1.807) is 25.1 Å². The first-order valence-electron chi connectivity index (χ1n) is 3.87. The highest BCUT2D eigenvalue weighted by atomic mass is 79.9. The van der Waals surface area contributed by atoms with Gasteiger partial charge < -0.3 is 4.74 Å². The molecule has 0 bridgehead atoms. The summed E-state index contributed by atoms with van der Waals surface area (Å²) >= 11 is 3.24. The van der Waals surface area contributed by atoms with E-state index in [-0.39, 0.29) is 17.7 Å². The van der Waals surface area contributed by atoms with Crippen molar-refractivity contribution < 1.29 is 9.13 Å². The number of hydrogen-bond donors (Lipinski definition) is 0. The van der Waals surface area contributed by atoms with Crippen LogP contribution in [-0.4, -0.2) is 6.10 Å². The van der Waals surface area contributed by atoms with Crippen LogP contribution in [0.25, 0.3) is 0 Å². The molecule has 0 amide bonds. The van der Waals surface area contributed by atoms with Gasteiger partial charge in [-0.15, -0.1) is 0 Å². The zero-order valence-corrected chi connectivity index (χ0v) is 8.84. The molecule has 0 aliphatic heterocycles. The Bertz CT molecular complexity index is 312. The van der Waals surface area contributed by atoms with E-state index in [4.69, 9.17) is 4.74 Å². The van der Waals surface area contributed by atoms with Crippen LogP contribution in [0.5, 0.6) is 5.75 Å². The minimum atomic E-state index is -0.364. The van der Waals surface area contributed by atoms with Crippen molar-refractivity contribution in [2.24, 2.45) is 0 Å². The van der Waals surface area contributed by atoms with Gasteiger partial charge in [-0.2, -0.15) is 0 Å². The molecule has 1 nitrogen and oxygen atoms in total. The molecule has 1 rings (SSSR count). The molecule has 0 aliphatic carbocycles. The molecule has 0 radical (unpaired) electrons. The maximum Gasteiger partial charge on any atom is 0.165 e. The normalized spacial score (nSPS) is 12.2. The van der Waals surface area contributed by atoms with Gasteiger partial charge in [-0.05, 0) is 25.1 Å². The smallest absolute Gasteiger partial charge is 0.165 e. The standard InChI is InChI=1S/C10H10BrFO/c1-3-7(2)13-10-6-8(11)4-5-9(10)12/h3-7H,1H2,2H3. The van der Waals surface area contributed by atoms with Crippen LogP contribution in [0.15, 0.2) is 35.3 Å². The predicted molar refractivity (Wildman–Crippen MR) is 54.4 cm³/mol. The van der Waals surface area contributed by atoms with Gasteiger partial charge >= 0.3 is 0 Å². The summed E-state index contributed by atoms with van der Waals surface area (Å²) in [7, 11) is 0. The van der Waals surface area contributed by atoms with Gasteiger partial charge in [-0.25, -0.2) is 4.39 Å². The van der Waals surface area contributed by atoms with Crippen LogP contribution in [0.1, 0.15) is 6.92 Å². The first-order chi connectivity index (χ1) is 6.13. The summed E-state index contributed by atoms with van der Waals surface area (Å²) in [6.45, 7) is 5.35. The Morgan fingerprint density at radius 2 is 2.31 bits per heavy atom. The van der Waals surface area contributed by atoms with Gasteiger partial charge in [0, 0.05) is 4.47 Å². The average molecular weight is 245 g/mol. The maximum atomic E-state index is 13.1. The van der Waals surface area contributed by atoms with Crippen molar-refractivity contribution in [3.8, 4) is 5.75 Å². The molecular weight excluding hydrogens is 235 g/mol. The van der Waals surface area contributed by atoms with Crippen LogP contribution in [0.4, 0.5) is 4.39 Å². The topological polar surface area (TPSA) is 9.23 Å². The fraction of sp³-hybridized carbons (Fsp3) is 0.200. The number of rotatable bonds is 3. The molecule has 0 fully saturated rings. The van der Waals surface area contributed by atoms with Crippen LogP contribution in [0.2, 0.25) is 0 Å². The largest absolute Gasteiger partial charge is 0.484 e. The molecule has 0 aromatic heterocycles. The zero-order valence-electron chi connectivity index (χ0n) is 7.26. The van der Waals surface area contributed by atoms with Crippen LogP contribution in [0, 0.1) is 5.82 Å². The molecule has 0 spiro atoms. The summed E-state index contributed by atoms with van der Waals surface area (Å²) in [6, 6.07) is 4.57. The summed E-state index contributed by atoms with van der Waals surface area (Å²) in [5, 5.41) is 0. The van der Waals surface area contributed by atoms with Crippen molar-refractivity contribution in [2.45, 2.75) is 13.0 Å². The molecule has 13 heavy (non-hydrogen) atoms. The van der Waals surface area contributed by atoms with Gasteiger partial charge in [-0.3, -0.25) is 0 Å². The molecule has 1 atom stereocenters. The van der Waals surface area contributed by atoms with E-state index >= 15 is 0 Å². The lowest BCUT2D eigenvalue weighted by Gasteiger charge is -2.11. The second-order valence-corrected chi connectivity index (χ2v) is 3.55. The summed E-state index contributed by atoms with van der Waals surface area (Å²) in [5.41, 5.74) is 0. The monoisotopic (exact) mass is 244 g/mol. The molecule has 0 N–H and O–H groups in total. The Balaban J connectivity index is 2.86. The molecular formula is C10H10BrFO. The minimum absolute atomic E-state index is 0.191. The van der Waals surface area contributed by atoms with Crippen molar-refractivity contribution in [2.75, 3.05) is 0 Å². The third kappa shape index (κ3) is 2.84. The summed E-state index contributed by atoms with van der Waals surface area (Å²) in [5.74, 6) is -0.126. The van der Waals surface area contributed by atoms with Crippen molar-refractivity contribution in [1.82, 2.24) is 0 Å².